The second kappa shape index (κ2) is 11.1. The molecule has 2 N–H and O–H groups in total. The van der Waals surface area contributed by atoms with Gasteiger partial charge in [-0.3, -0.25) is 0 Å². The van der Waals surface area contributed by atoms with E-state index in [0.29, 0.717) is 16.6 Å². The number of benzene rings is 2. The summed E-state index contributed by atoms with van der Waals surface area (Å²) in [6.07, 6.45) is 5.26. The topological polar surface area (TPSA) is 40.5 Å². The second-order valence-corrected chi connectivity index (χ2v) is 8.64. The third kappa shape index (κ3) is 5.92. The van der Waals surface area contributed by atoms with Crippen molar-refractivity contribution in [3.63, 3.8) is 0 Å². The van der Waals surface area contributed by atoms with Crippen LogP contribution in [0, 0.1) is 0 Å². The third-order valence-corrected chi connectivity index (χ3v) is 6.26. The maximum atomic E-state index is 14.0. The maximum Gasteiger partial charge on any atom is 0.489 e. The average molecular weight is 414 g/mol. The van der Waals surface area contributed by atoms with E-state index in [9.17, 15) is 18.8 Å². The molecular formula is C25H33BF2O2. The van der Waals surface area contributed by atoms with Gasteiger partial charge in [-0.15, -0.1) is 0 Å². The molecule has 2 nitrogen and oxygen atoms in total. The van der Waals surface area contributed by atoms with Crippen LogP contribution < -0.4 is 5.46 Å². The van der Waals surface area contributed by atoms with E-state index in [2.05, 4.69) is 19.1 Å². The van der Waals surface area contributed by atoms with Crippen molar-refractivity contribution in [2.75, 3.05) is 0 Å². The van der Waals surface area contributed by atoms with Crippen molar-refractivity contribution in [1.29, 1.82) is 0 Å². The minimum atomic E-state index is -1.69. The maximum absolute atomic E-state index is 14.0. The Hall–Kier alpha value is -1.72. The first-order chi connectivity index (χ1) is 14.5. The van der Waals surface area contributed by atoms with Gasteiger partial charge < -0.3 is 10.0 Å². The summed E-state index contributed by atoms with van der Waals surface area (Å²) in [6, 6.07) is 13.6. The van der Waals surface area contributed by atoms with Gasteiger partial charge in [-0.2, -0.15) is 0 Å². The summed E-state index contributed by atoms with van der Waals surface area (Å²) in [7, 11) is -1.69. The minimum Gasteiger partial charge on any atom is -0.423 e. The van der Waals surface area contributed by atoms with Crippen molar-refractivity contribution in [3.05, 3.63) is 53.6 Å². The summed E-state index contributed by atoms with van der Waals surface area (Å²) in [5.74, 6) is -0.345. The molecule has 2 atom stereocenters. The molecule has 1 aliphatic rings. The Balaban J connectivity index is 1.80. The number of halogens is 2. The zero-order valence-corrected chi connectivity index (χ0v) is 17.9. The highest BCUT2D eigenvalue weighted by molar-refractivity contribution is 6.61. The van der Waals surface area contributed by atoms with Crippen LogP contribution in [-0.2, 0) is 6.42 Å². The van der Waals surface area contributed by atoms with Crippen molar-refractivity contribution >= 4 is 12.6 Å². The van der Waals surface area contributed by atoms with Crippen LogP contribution in [0.15, 0.2) is 42.5 Å². The van der Waals surface area contributed by atoms with Gasteiger partial charge in [-0.05, 0) is 59.3 Å². The summed E-state index contributed by atoms with van der Waals surface area (Å²) >= 11 is 0. The lowest BCUT2D eigenvalue weighted by molar-refractivity contribution is 0.142. The van der Waals surface area contributed by atoms with Gasteiger partial charge in [0, 0.05) is 6.42 Å². The molecule has 0 saturated heterocycles. The zero-order chi connectivity index (χ0) is 21.5. The van der Waals surface area contributed by atoms with Crippen LogP contribution >= 0.6 is 0 Å². The Bertz CT molecular complexity index is 784. The van der Waals surface area contributed by atoms with Crippen molar-refractivity contribution < 1.29 is 18.8 Å². The second-order valence-electron chi connectivity index (χ2n) is 8.64. The van der Waals surface area contributed by atoms with Crippen LogP contribution in [0.5, 0.6) is 0 Å². The van der Waals surface area contributed by atoms with Crippen molar-refractivity contribution in [3.8, 4) is 11.1 Å². The van der Waals surface area contributed by atoms with Gasteiger partial charge in [0.25, 0.3) is 0 Å². The Morgan fingerprint density at radius 3 is 2.17 bits per heavy atom. The smallest absolute Gasteiger partial charge is 0.423 e. The summed E-state index contributed by atoms with van der Waals surface area (Å²) in [5.41, 5.74) is 3.89. The molecule has 1 saturated carbocycles. The Labute approximate surface area is 179 Å². The number of unbranched alkanes of at least 4 members (excludes halogenated alkanes) is 4. The lowest BCUT2D eigenvalue weighted by atomic mass is 9.67. The van der Waals surface area contributed by atoms with E-state index in [1.54, 1.807) is 6.07 Å². The van der Waals surface area contributed by atoms with E-state index >= 15 is 0 Å². The Morgan fingerprint density at radius 2 is 1.53 bits per heavy atom. The van der Waals surface area contributed by atoms with Crippen molar-refractivity contribution in [2.24, 2.45) is 0 Å². The predicted molar refractivity (Wildman–Crippen MR) is 121 cm³/mol. The number of hydrogen-bond acceptors (Lipinski definition) is 2. The molecule has 30 heavy (non-hydrogen) atoms. The average Bonchev–Trinajstić information content (AvgIpc) is 2.73. The van der Waals surface area contributed by atoms with E-state index in [1.807, 2.05) is 24.3 Å². The first-order valence-electron chi connectivity index (χ1n) is 11.4. The minimum absolute atomic E-state index is 0.0624. The normalized spacial score (nSPS) is 21.6. The van der Waals surface area contributed by atoms with Gasteiger partial charge in [0.1, 0.15) is 12.3 Å². The zero-order valence-electron chi connectivity index (χ0n) is 17.9. The monoisotopic (exact) mass is 414 g/mol. The van der Waals surface area contributed by atoms with Gasteiger partial charge in [0.05, 0.1) is 0 Å². The van der Waals surface area contributed by atoms with Gasteiger partial charge in [-0.25, -0.2) is 8.78 Å². The van der Waals surface area contributed by atoms with E-state index < -0.39 is 19.5 Å². The molecule has 5 heteroatoms. The van der Waals surface area contributed by atoms with Gasteiger partial charge in [0.15, 0.2) is 0 Å². The molecule has 0 bridgehead atoms. The lowest BCUT2D eigenvalue weighted by Crippen LogP contribution is -2.37. The Morgan fingerprint density at radius 1 is 0.867 bits per heavy atom. The quantitative estimate of drug-likeness (QED) is 0.421. The third-order valence-electron chi connectivity index (χ3n) is 6.26. The molecule has 2 aromatic rings. The first-order valence-corrected chi connectivity index (χ1v) is 11.4. The molecular weight excluding hydrogens is 381 g/mol. The summed E-state index contributed by atoms with van der Waals surface area (Å²) < 4.78 is 28.0. The molecule has 0 amide bonds. The molecule has 0 aliphatic heterocycles. The molecule has 2 aromatic carbocycles. The van der Waals surface area contributed by atoms with Crippen LogP contribution in [0.1, 0.15) is 75.3 Å². The molecule has 0 aromatic heterocycles. The first kappa shape index (κ1) is 23.0. The van der Waals surface area contributed by atoms with E-state index in [4.69, 9.17) is 0 Å². The lowest BCUT2D eigenvalue weighted by Gasteiger charge is -2.30. The fourth-order valence-corrected chi connectivity index (χ4v) is 4.70. The van der Waals surface area contributed by atoms with Gasteiger partial charge in [0.2, 0.25) is 0 Å². The fraction of sp³-hybridized carbons (Fsp3) is 0.520. The van der Waals surface area contributed by atoms with Crippen LogP contribution in [0.2, 0.25) is 0 Å². The molecule has 0 radical (unpaired) electrons. The molecule has 0 heterocycles. The predicted octanol–water partition coefficient (Wildman–Crippen LogP) is 5.49. The van der Waals surface area contributed by atoms with Crippen LogP contribution in [0.25, 0.3) is 11.1 Å². The summed E-state index contributed by atoms with van der Waals surface area (Å²) in [4.78, 5) is 0. The van der Waals surface area contributed by atoms with Crippen LogP contribution in [0.3, 0.4) is 0 Å². The fourth-order valence-electron chi connectivity index (χ4n) is 4.70. The molecule has 1 aliphatic carbocycles. The molecule has 1 fully saturated rings. The van der Waals surface area contributed by atoms with Crippen LogP contribution in [0.4, 0.5) is 8.78 Å². The highest BCUT2D eigenvalue weighted by Crippen LogP contribution is 2.36. The van der Waals surface area contributed by atoms with Crippen molar-refractivity contribution in [1.82, 2.24) is 0 Å². The highest BCUT2D eigenvalue weighted by Gasteiger charge is 2.33. The SMILES string of the molecule is CCCCCCCc1ccc(-c2cccc(C3CC(F)CC(F)C3)c2B(O)O)cc1. The largest absolute Gasteiger partial charge is 0.489 e. The van der Waals surface area contributed by atoms with E-state index in [1.165, 1.54) is 37.7 Å². The molecule has 3 rings (SSSR count). The summed E-state index contributed by atoms with van der Waals surface area (Å²) in [6.45, 7) is 2.21. The van der Waals surface area contributed by atoms with Crippen molar-refractivity contribution in [2.45, 2.75) is 83.0 Å². The molecule has 2 unspecified atom stereocenters. The number of alkyl halides is 2. The molecule has 0 spiro atoms. The summed E-state index contributed by atoms with van der Waals surface area (Å²) in [5, 5.41) is 20.2. The number of aryl methyl sites for hydroxylation is 1. The Kier molecular flexibility index (Phi) is 8.46. The number of rotatable bonds is 9. The highest BCUT2D eigenvalue weighted by atomic mass is 19.1. The number of hydrogen-bond donors (Lipinski definition) is 2. The van der Waals surface area contributed by atoms with Gasteiger partial charge >= 0.3 is 7.12 Å². The van der Waals surface area contributed by atoms with Gasteiger partial charge in [-0.1, -0.05) is 75.1 Å². The van der Waals surface area contributed by atoms with Crippen LogP contribution in [-0.4, -0.2) is 29.5 Å². The van der Waals surface area contributed by atoms with E-state index in [-0.39, 0.29) is 25.2 Å². The standard InChI is InChI=1S/C25H33BF2O2/c1-2-3-4-5-6-8-18-11-13-19(14-12-18)23-9-7-10-24(25(23)26(29)30)20-15-21(27)17-22(28)16-20/h7,9-14,20-22,29-30H,2-6,8,15-17H2,1H3. The molecule has 162 valence electrons. The van der Waals surface area contributed by atoms with E-state index in [0.717, 1.165) is 12.0 Å².